The zero-order valence-corrected chi connectivity index (χ0v) is 12.2. The summed E-state index contributed by atoms with van der Waals surface area (Å²) in [7, 11) is 0. The zero-order chi connectivity index (χ0) is 13.7. The van der Waals surface area contributed by atoms with Crippen LogP contribution in [0, 0.1) is 5.92 Å². The first-order valence-electron chi connectivity index (χ1n) is 7.46. The Kier molecular flexibility index (Phi) is 5.34. The van der Waals surface area contributed by atoms with Crippen molar-refractivity contribution in [2.24, 2.45) is 5.92 Å². The molecule has 1 fully saturated rings. The first-order chi connectivity index (χ1) is 9.28. The fraction of sp³-hybridized carbons (Fsp3) is 0.857. The highest BCUT2D eigenvalue weighted by molar-refractivity contribution is 4.97. The fourth-order valence-electron chi connectivity index (χ4n) is 2.65. The molecule has 0 bridgehead atoms. The standard InChI is InChI=1S/C14H25N3O2/c1-4-10-7-8-15-11(9-10)14-16-13(17-19-14)12(5-2)18-6-3/h10-12,15H,4-9H2,1-3H3. The van der Waals surface area contributed by atoms with Crippen molar-refractivity contribution in [1.82, 2.24) is 15.5 Å². The van der Waals surface area contributed by atoms with Crippen molar-refractivity contribution in [2.75, 3.05) is 13.2 Å². The highest BCUT2D eigenvalue weighted by atomic mass is 16.5. The highest BCUT2D eigenvalue weighted by Crippen LogP contribution is 2.29. The number of aromatic nitrogens is 2. The van der Waals surface area contributed by atoms with Gasteiger partial charge in [0.2, 0.25) is 11.7 Å². The molecule has 1 aliphatic heterocycles. The summed E-state index contributed by atoms with van der Waals surface area (Å²) in [6.45, 7) is 8.00. The van der Waals surface area contributed by atoms with E-state index in [1.54, 1.807) is 0 Å². The van der Waals surface area contributed by atoms with E-state index >= 15 is 0 Å². The number of ether oxygens (including phenoxy) is 1. The van der Waals surface area contributed by atoms with Gasteiger partial charge in [-0.1, -0.05) is 25.4 Å². The lowest BCUT2D eigenvalue weighted by atomic mass is 9.90. The van der Waals surface area contributed by atoms with Crippen LogP contribution in [0.15, 0.2) is 4.52 Å². The number of hydrogen-bond donors (Lipinski definition) is 1. The van der Waals surface area contributed by atoms with E-state index in [-0.39, 0.29) is 12.1 Å². The molecule has 1 aromatic heterocycles. The molecule has 5 heteroatoms. The Balaban J connectivity index is 2.03. The Hall–Kier alpha value is -0.940. The molecule has 0 aromatic carbocycles. The van der Waals surface area contributed by atoms with Crippen LogP contribution in [0.2, 0.25) is 0 Å². The van der Waals surface area contributed by atoms with E-state index in [1.165, 1.54) is 12.8 Å². The molecule has 2 rings (SSSR count). The van der Waals surface area contributed by atoms with Gasteiger partial charge >= 0.3 is 0 Å². The maximum atomic E-state index is 5.61. The minimum absolute atomic E-state index is 0.0481. The lowest BCUT2D eigenvalue weighted by Crippen LogP contribution is -2.31. The third kappa shape index (κ3) is 3.54. The van der Waals surface area contributed by atoms with Crippen LogP contribution in [-0.2, 0) is 4.74 Å². The molecule has 108 valence electrons. The van der Waals surface area contributed by atoms with Gasteiger partial charge in [0.05, 0.1) is 6.04 Å². The van der Waals surface area contributed by atoms with Crippen LogP contribution in [0.25, 0.3) is 0 Å². The number of nitrogens with zero attached hydrogens (tertiary/aromatic N) is 2. The van der Waals surface area contributed by atoms with Crippen LogP contribution in [0.3, 0.4) is 0 Å². The largest absolute Gasteiger partial charge is 0.370 e. The Morgan fingerprint density at radius 2 is 2.26 bits per heavy atom. The topological polar surface area (TPSA) is 60.2 Å². The number of piperidine rings is 1. The van der Waals surface area contributed by atoms with Crippen molar-refractivity contribution >= 4 is 0 Å². The van der Waals surface area contributed by atoms with Gasteiger partial charge in [-0.3, -0.25) is 0 Å². The third-order valence-corrected chi connectivity index (χ3v) is 3.87. The molecule has 1 aliphatic rings. The molecule has 3 atom stereocenters. The second kappa shape index (κ2) is 7.01. The lowest BCUT2D eigenvalue weighted by Gasteiger charge is -2.27. The lowest BCUT2D eigenvalue weighted by molar-refractivity contribution is 0.0518. The highest BCUT2D eigenvalue weighted by Gasteiger charge is 2.27. The van der Waals surface area contributed by atoms with Gasteiger partial charge in [0.25, 0.3) is 0 Å². The zero-order valence-electron chi connectivity index (χ0n) is 12.2. The van der Waals surface area contributed by atoms with Gasteiger partial charge in [0, 0.05) is 6.61 Å². The summed E-state index contributed by atoms with van der Waals surface area (Å²) < 4.78 is 11.0. The summed E-state index contributed by atoms with van der Waals surface area (Å²) in [6, 6.07) is 0.207. The quantitative estimate of drug-likeness (QED) is 0.858. The molecule has 0 spiro atoms. The van der Waals surface area contributed by atoms with Gasteiger partial charge in [0.1, 0.15) is 6.10 Å². The van der Waals surface area contributed by atoms with Crippen LogP contribution >= 0.6 is 0 Å². The van der Waals surface area contributed by atoms with Gasteiger partial charge in [-0.25, -0.2) is 0 Å². The summed E-state index contributed by atoms with van der Waals surface area (Å²) in [5.74, 6) is 2.15. The van der Waals surface area contributed by atoms with Crippen LogP contribution < -0.4 is 5.32 Å². The minimum Gasteiger partial charge on any atom is -0.370 e. The predicted octanol–water partition coefficient (Wildman–Crippen LogP) is 3.01. The molecule has 1 saturated heterocycles. The van der Waals surface area contributed by atoms with Gasteiger partial charge in [-0.05, 0) is 38.6 Å². The van der Waals surface area contributed by atoms with Crippen molar-refractivity contribution < 1.29 is 9.26 Å². The molecule has 1 aromatic rings. The Bertz CT molecular complexity index is 381. The Morgan fingerprint density at radius 1 is 1.42 bits per heavy atom. The van der Waals surface area contributed by atoms with Crippen molar-refractivity contribution in [3.63, 3.8) is 0 Å². The van der Waals surface area contributed by atoms with Crippen LogP contribution in [-0.4, -0.2) is 23.3 Å². The SMILES string of the molecule is CCOC(CC)c1noc(C2CC(CC)CCN2)n1. The van der Waals surface area contributed by atoms with E-state index in [9.17, 15) is 0 Å². The molecule has 0 radical (unpaired) electrons. The van der Waals surface area contributed by atoms with Crippen molar-refractivity contribution in [3.8, 4) is 0 Å². The fourth-order valence-corrected chi connectivity index (χ4v) is 2.65. The second-order valence-corrected chi connectivity index (χ2v) is 5.15. The normalized spacial score (nSPS) is 25.4. The summed E-state index contributed by atoms with van der Waals surface area (Å²) in [4.78, 5) is 4.53. The first kappa shape index (κ1) is 14.5. The molecular formula is C14H25N3O2. The second-order valence-electron chi connectivity index (χ2n) is 5.15. The molecule has 2 heterocycles. The molecule has 0 saturated carbocycles. The van der Waals surface area contributed by atoms with E-state index in [0.29, 0.717) is 18.3 Å². The average Bonchev–Trinajstić information content (AvgIpc) is 2.94. The molecule has 1 N–H and O–H groups in total. The van der Waals surface area contributed by atoms with Crippen LogP contribution in [0.4, 0.5) is 0 Å². The van der Waals surface area contributed by atoms with Crippen molar-refractivity contribution in [2.45, 2.75) is 58.6 Å². The van der Waals surface area contributed by atoms with E-state index in [1.807, 2.05) is 6.92 Å². The number of rotatable bonds is 6. The maximum absolute atomic E-state index is 5.61. The van der Waals surface area contributed by atoms with E-state index in [4.69, 9.17) is 9.26 Å². The molecule has 19 heavy (non-hydrogen) atoms. The number of nitrogens with one attached hydrogen (secondary N) is 1. The molecule has 3 unspecified atom stereocenters. The van der Waals surface area contributed by atoms with Crippen molar-refractivity contribution in [1.29, 1.82) is 0 Å². The van der Waals surface area contributed by atoms with Gasteiger partial charge < -0.3 is 14.6 Å². The van der Waals surface area contributed by atoms with Gasteiger partial charge in [-0.15, -0.1) is 0 Å². The third-order valence-electron chi connectivity index (χ3n) is 3.87. The maximum Gasteiger partial charge on any atom is 0.243 e. The molecule has 5 nitrogen and oxygen atoms in total. The van der Waals surface area contributed by atoms with Crippen LogP contribution in [0.5, 0.6) is 0 Å². The molecular weight excluding hydrogens is 242 g/mol. The number of hydrogen-bond acceptors (Lipinski definition) is 5. The van der Waals surface area contributed by atoms with Gasteiger partial charge in [0.15, 0.2) is 0 Å². The Labute approximate surface area is 115 Å². The molecule has 0 amide bonds. The monoisotopic (exact) mass is 267 g/mol. The van der Waals surface area contributed by atoms with E-state index < -0.39 is 0 Å². The first-order valence-corrected chi connectivity index (χ1v) is 7.46. The summed E-state index contributed by atoms with van der Waals surface area (Å²) >= 11 is 0. The molecule has 0 aliphatic carbocycles. The minimum atomic E-state index is -0.0481. The summed E-state index contributed by atoms with van der Waals surface area (Å²) in [5.41, 5.74) is 0. The Morgan fingerprint density at radius 3 is 2.95 bits per heavy atom. The van der Waals surface area contributed by atoms with E-state index in [0.717, 1.165) is 25.3 Å². The summed E-state index contributed by atoms with van der Waals surface area (Å²) in [6.07, 6.45) is 4.36. The summed E-state index contributed by atoms with van der Waals surface area (Å²) in [5, 5.41) is 7.55. The van der Waals surface area contributed by atoms with Gasteiger partial charge in [-0.2, -0.15) is 4.98 Å². The van der Waals surface area contributed by atoms with E-state index in [2.05, 4.69) is 29.3 Å². The van der Waals surface area contributed by atoms with Crippen LogP contribution in [0.1, 0.15) is 70.3 Å². The average molecular weight is 267 g/mol. The smallest absolute Gasteiger partial charge is 0.243 e. The van der Waals surface area contributed by atoms with Crippen molar-refractivity contribution in [3.05, 3.63) is 11.7 Å². The predicted molar refractivity (Wildman–Crippen MR) is 72.7 cm³/mol.